The van der Waals surface area contributed by atoms with Gasteiger partial charge in [0.05, 0.1) is 32.0 Å². The number of rotatable bonds is 14. The predicted molar refractivity (Wildman–Crippen MR) is 130 cm³/mol. The zero-order valence-electron chi connectivity index (χ0n) is 22.3. The normalized spacial score (nSPS) is 34.1. The van der Waals surface area contributed by atoms with Crippen LogP contribution in [0.25, 0.3) is 0 Å². The van der Waals surface area contributed by atoms with Crippen LogP contribution in [0.5, 0.6) is 0 Å². The molecule has 41 heavy (non-hydrogen) atoms. The van der Waals surface area contributed by atoms with Gasteiger partial charge in [0.25, 0.3) is 11.8 Å². The zero-order chi connectivity index (χ0) is 30.1. The first-order valence-corrected chi connectivity index (χ1v) is 13.4. The first-order chi connectivity index (χ1) is 19.5. The molecule has 3 rings (SSSR count). The van der Waals surface area contributed by atoms with Crippen molar-refractivity contribution in [2.24, 2.45) is 0 Å². The molecule has 7 unspecified atom stereocenters. The van der Waals surface area contributed by atoms with Gasteiger partial charge in [0, 0.05) is 38.6 Å². The predicted octanol–water partition coefficient (Wildman–Crippen LogP) is -4.06. The SMILES string of the molecule is O=C(CCCCC(=O)ON1C(=O)CCC1=O)NCCOC1OC(CO)CC(O[C@H]2OC(CO)[C@@H](O)C(O)C2O)C1O. The average Bonchev–Trinajstić information content (AvgIpc) is 3.27. The smallest absolute Gasteiger partial charge is 0.333 e. The van der Waals surface area contributed by atoms with Crippen molar-refractivity contribution in [3.05, 3.63) is 0 Å². The molecule has 3 fully saturated rings. The standard InChI is InChI=1S/C24H38N2O15/c27-10-12-9-13(39-24-22(36)21(35)19(33)14(11-28)40-24)20(34)23(38-12)37-8-7-25-15(29)3-1-2-4-18(32)41-26-16(30)5-6-17(26)31/h12-14,19-24,27-28,33-36H,1-11H2,(H,25,29)/t12?,13?,14?,19-,20?,21?,22?,23?,24+/m1/s1. The number of hydrogen-bond donors (Lipinski definition) is 7. The highest BCUT2D eigenvalue weighted by Crippen LogP contribution is 2.29. The van der Waals surface area contributed by atoms with E-state index in [1.54, 1.807) is 0 Å². The van der Waals surface area contributed by atoms with Crippen LogP contribution in [0.3, 0.4) is 0 Å². The Hall–Kier alpha value is -2.32. The van der Waals surface area contributed by atoms with Gasteiger partial charge >= 0.3 is 5.97 Å². The molecule has 0 spiro atoms. The number of aliphatic hydroxyl groups is 6. The van der Waals surface area contributed by atoms with Gasteiger partial charge in [-0.25, -0.2) is 4.79 Å². The maximum atomic E-state index is 12.1. The molecular formula is C24H38N2O15. The van der Waals surface area contributed by atoms with E-state index in [1.807, 2.05) is 0 Å². The number of carbonyl (C=O) groups is 4. The fourth-order valence-corrected chi connectivity index (χ4v) is 4.46. The second-order valence-electron chi connectivity index (χ2n) is 9.88. The molecule has 7 N–H and O–H groups in total. The van der Waals surface area contributed by atoms with Gasteiger partial charge in [-0.15, -0.1) is 5.06 Å². The van der Waals surface area contributed by atoms with Crippen LogP contribution < -0.4 is 5.32 Å². The van der Waals surface area contributed by atoms with Crippen LogP contribution in [-0.2, 0) is 43.0 Å². The van der Waals surface area contributed by atoms with Crippen LogP contribution in [0, 0.1) is 0 Å². The molecule has 0 bridgehead atoms. The summed E-state index contributed by atoms with van der Waals surface area (Å²) >= 11 is 0. The lowest BCUT2D eigenvalue weighted by Crippen LogP contribution is -2.61. The molecule has 3 amide bonds. The summed E-state index contributed by atoms with van der Waals surface area (Å²) in [7, 11) is 0. The van der Waals surface area contributed by atoms with Crippen molar-refractivity contribution in [3.8, 4) is 0 Å². The summed E-state index contributed by atoms with van der Waals surface area (Å²) in [5.41, 5.74) is 0. The van der Waals surface area contributed by atoms with Crippen molar-refractivity contribution < 1.29 is 73.6 Å². The Morgan fingerprint density at radius 3 is 2.22 bits per heavy atom. The molecule has 3 aliphatic heterocycles. The minimum absolute atomic E-state index is 0.000351. The van der Waals surface area contributed by atoms with Gasteiger partial charge in [-0.3, -0.25) is 14.4 Å². The highest BCUT2D eigenvalue weighted by Gasteiger charge is 2.47. The van der Waals surface area contributed by atoms with Crippen LogP contribution >= 0.6 is 0 Å². The topological polar surface area (TPSA) is 251 Å². The number of imide groups is 1. The molecule has 234 valence electrons. The van der Waals surface area contributed by atoms with Crippen LogP contribution in [0.2, 0.25) is 0 Å². The molecule has 3 heterocycles. The van der Waals surface area contributed by atoms with E-state index in [2.05, 4.69) is 5.32 Å². The van der Waals surface area contributed by atoms with Gasteiger partial charge in [-0.2, -0.15) is 0 Å². The lowest BCUT2D eigenvalue weighted by molar-refractivity contribution is -0.342. The average molecular weight is 595 g/mol. The molecule has 9 atom stereocenters. The molecule has 0 radical (unpaired) electrons. The van der Waals surface area contributed by atoms with E-state index in [0.29, 0.717) is 17.9 Å². The van der Waals surface area contributed by atoms with E-state index in [1.165, 1.54) is 0 Å². The van der Waals surface area contributed by atoms with Gasteiger partial charge in [0.1, 0.15) is 30.5 Å². The fourth-order valence-electron chi connectivity index (χ4n) is 4.46. The van der Waals surface area contributed by atoms with Gasteiger partial charge in [0.15, 0.2) is 12.6 Å². The number of unbranched alkanes of at least 4 members (excludes halogenated alkanes) is 1. The number of ether oxygens (including phenoxy) is 4. The van der Waals surface area contributed by atoms with Crippen molar-refractivity contribution in [1.82, 2.24) is 10.4 Å². The number of nitrogens with zero attached hydrogens (tertiary/aromatic N) is 1. The summed E-state index contributed by atoms with van der Waals surface area (Å²) in [6.45, 7) is -1.17. The molecule has 3 saturated heterocycles. The highest BCUT2D eigenvalue weighted by molar-refractivity contribution is 6.01. The second-order valence-corrected chi connectivity index (χ2v) is 9.88. The first-order valence-electron chi connectivity index (χ1n) is 13.4. The summed E-state index contributed by atoms with van der Waals surface area (Å²) in [6.07, 6.45) is -11.7. The number of hydrogen-bond acceptors (Lipinski definition) is 15. The van der Waals surface area contributed by atoms with Gasteiger partial charge in [-0.05, 0) is 12.8 Å². The number of aliphatic hydroxyl groups excluding tert-OH is 6. The highest BCUT2D eigenvalue weighted by atomic mass is 16.7. The van der Waals surface area contributed by atoms with Crippen molar-refractivity contribution in [1.29, 1.82) is 0 Å². The molecule has 17 heteroatoms. The number of nitrogens with one attached hydrogen (secondary N) is 1. The second kappa shape index (κ2) is 15.8. The Balaban J connectivity index is 1.35. The van der Waals surface area contributed by atoms with Gasteiger partial charge in [-0.1, -0.05) is 0 Å². The molecule has 17 nitrogen and oxygen atoms in total. The molecule has 3 aliphatic rings. The lowest BCUT2D eigenvalue weighted by Gasteiger charge is -2.44. The third-order valence-electron chi connectivity index (χ3n) is 6.78. The number of hydroxylamine groups is 2. The Labute approximate surface area is 234 Å². The minimum Gasteiger partial charge on any atom is -0.394 e. The Bertz CT molecular complexity index is 888. The summed E-state index contributed by atoms with van der Waals surface area (Å²) < 4.78 is 21.9. The molecule has 0 aromatic carbocycles. The van der Waals surface area contributed by atoms with Crippen LogP contribution in [0.15, 0.2) is 0 Å². The van der Waals surface area contributed by atoms with Crippen LogP contribution in [-0.4, -0.2) is 141 Å². The third-order valence-corrected chi connectivity index (χ3v) is 6.78. The summed E-state index contributed by atoms with van der Waals surface area (Å²) in [5.74, 6) is -2.22. The van der Waals surface area contributed by atoms with Crippen molar-refractivity contribution in [3.63, 3.8) is 0 Å². The maximum absolute atomic E-state index is 12.1. The summed E-state index contributed by atoms with van der Waals surface area (Å²) in [4.78, 5) is 51.5. The van der Waals surface area contributed by atoms with E-state index >= 15 is 0 Å². The molecule has 0 aromatic rings. The van der Waals surface area contributed by atoms with Crippen molar-refractivity contribution >= 4 is 23.7 Å². The van der Waals surface area contributed by atoms with Crippen molar-refractivity contribution in [2.75, 3.05) is 26.4 Å². The lowest BCUT2D eigenvalue weighted by atomic mass is 9.98. The largest absolute Gasteiger partial charge is 0.394 e. The minimum atomic E-state index is -1.69. The molecule has 0 aromatic heterocycles. The van der Waals surface area contributed by atoms with Gasteiger partial charge < -0.3 is 59.7 Å². The fraction of sp³-hybridized carbons (Fsp3) is 0.833. The zero-order valence-corrected chi connectivity index (χ0v) is 22.3. The first kappa shape index (κ1) is 33.2. The van der Waals surface area contributed by atoms with E-state index < -0.39 is 86.3 Å². The monoisotopic (exact) mass is 594 g/mol. The van der Waals surface area contributed by atoms with Crippen molar-refractivity contribution in [2.45, 2.75) is 100 Å². The Morgan fingerprint density at radius 1 is 0.878 bits per heavy atom. The van der Waals surface area contributed by atoms with E-state index in [-0.39, 0.29) is 51.2 Å². The van der Waals surface area contributed by atoms with Gasteiger partial charge in [0.2, 0.25) is 5.91 Å². The van der Waals surface area contributed by atoms with E-state index in [0.717, 1.165) is 0 Å². The summed E-state index contributed by atoms with van der Waals surface area (Å²) in [5, 5.41) is 62.8. The summed E-state index contributed by atoms with van der Waals surface area (Å²) in [6, 6.07) is 0. The number of amides is 3. The molecule has 0 aliphatic carbocycles. The molecular weight excluding hydrogens is 556 g/mol. The Kier molecular flexibility index (Phi) is 12.8. The van der Waals surface area contributed by atoms with Crippen LogP contribution in [0.4, 0.5) is 0 Å². The number of carbonyl (C=O) groups excluding carboxylic acids is 4. The van der Waals surface area contributed by atoms with E-state index in [9.17, 15) is 49.8 Å². The third kappa shape index (κ3) is 9.08. The van der Waals surface area contributed by atoms with E-state index in [4.69, 9.17) is 23.8 Å². The maximum Gasteiger partial charge on any atom is 0.333 e. The van der Waals surface area contributed by atoms with Crippen LogP contribution in [0.1, 0.15) is 44.9 Å². The quantitative estimate of drug-likeness (QED) is 0.0746. The Morgan fingerprint density at radius 2 is 1.56 bits per heavy atom. The molecule has 0 saturated carbocycles.